The molecule has 178 valence electrons. The molecule has 11 heteroatoms. The van der Waals surface area contributed by atoms with Gasteiger partial charge < -0.3 is 20.5 Å². The van der Waals surface area contributed by atoms with E-state index < -0.39 is 23.6 Å². The number of thioether (sulfide) groups is 1. The Bertz CT molecular complexity index is 1170. The highest BCUT2D eigenvalue weighted by Crippen LogP contribution is 2.39. The summed E-state index contributed by atoms with van der Waals surface area (Å²) in [6.45, 7) is 2.06. The van der Waals surface area contributed by atoms with Gasteiger partial charge in [-0.05, 0) is 42.8 Å². The van der Waals surface area contributed by atoms with Gasteiger partial charge in [0, 0.05) is 18.0 Å². The molecule has 3 N–H and O–H groups in total. The van der Waals surface area contributed by atoms with Gasteiger partial charge in [0.05, 0.1) is 34.6 Å². The number of halogens is 3. The van der Waals surface area contributed by atoms with E-state index in [-0.39, 0.29) is 45.9 Å². The Labute approximate surface area is 197 Å². The Morgan fingerprint density at radius 1 is 1.32 bits per heavy atom. The molecule has 0 radical (unpaired) electrons. The fourth-order valence-electron chi connectivity index (χ4n) is 3.34. The number of phenolic OH excluding ortho intramolecular Hbond substituents is 1. The number of phenols is 1. The van der Waals surface area contributed by atoms with Crippen LogP contribution < -0.4 is 15.4 Å². The summed E-state index contributed by atoms with van der Waals surface area (Å²) in [4.78, 5) is 24.6. The molecule has 0 aromatic heterocycles. The number of carbonyl (C=O) groups excluding carboxylic acids is 2. The lowest BCUT2D eigenvalue weighted by atomic mass is 9.87. The summed E-state index contributed by atoms with van der Waals surface area (Å²) < 4.78 is 44.0. The molecule has 7 nitrogen and oxygen atoms in total. The van der Waals surface area contributed by atoms with E-state index in [4.69, 9.17) is 4.74 Å². The van der Waals surface area contributed by atoms with Gasteiger partial charge in [-0.3, -0.25) is 9.59 Å². The number of hydrogen-bond donors (Lipinski definition) is 3. The molecule has 0 saturated carbocycles. The number of alkyl halides is 3. The van der Waals surface area contributed by atoms with Gasteiger partial charge in [0.2, 0.25) is 11.8 Å². The normalized spacial score (nSPS) is 16.0. The summed E-state index contributed by atoms with van der Waals surface area (Å²) in [5, 5.41) is 24.8. The Hall–Kier alpha value is -3.65. The van der Waals surface area contributed by atoms with E-state index in [0.29, 0.717) is 12.2 Å². The van der Waals surface area contributed by atoms with Crippen molar-refractivity contribution in [3.05, 3.63) is 64.2 Å². The second-order valence-electron chi connectivity index (χ2n) is 7.24. The zero-order chi connectivity index (χ0) is 24.9. The first kappa shape index (κ1) is 25.0. The van der Waals surface area contributed by atoms with Gasteiger partial charge in [-0.15, -0.1) is 0 Å². The van der Waals surface area contributed by atoms with Crippen LogP contribution in [0.5, 0.6) is 11.5 Å². The molecule has 34 heavy (non-hydrogen) atoms. The van der Waals surface area contributed by atoms with Crippen LogP contribution in [0.15, 0.2) is 53.1 Å². The molecule has 0 unspecified atom stereocenters. The van der Waals surface area contributed by atoms with Crippen LogP contribution in [-0.2, 0) is 15.8 Å². The molecule has 0 aliphatic carbocycles. The van der Waals surface area contributed by atoms with Gasteiger partial charge in [0.15, 0.2) is 11.5 Å². The van der Waals surface area contributed by atoms with Crippen molar-refractivity contribution in [3.63, 3.8) is 0 Å². The molecule has 0 fully saturated rings. The van der Waals surface area contributed by atoms with Gasteiger partial charge in [-0.25, -0.2) is 0 Å². The fourth-order valence-corrected chi connectivity index (χ4v) is 4.22. The van der Waals surface area contributed by atoms with Gasteiger partial charge in [0.1, 0.15) is 0 Å². The summed E-state index contributed by atoms with van der Waals surface area (Å²) >= 11 is 0.897. The number of aromatic hydroxyl groups is 1. The van der Waals surface area contributed by atoms with E-state index in [9.17, 15) is 33.1 Å². The third kappa shape index (κ3) is 6.02. The molecular weight excluding hydrogens is 471 g/mol. The predicted molar refractivity (Wildman–Crippen MR) is 120 cm³/mol. The molecule has 2 aromatic carbocycles. The van der Waals surface area contributed by atoms with Crippen molar-refractivity contribution in [2.24, 2.45) is 0 Å². The van der Waals surface area contributed by atoms with Crippen LogP contribution in [0.25, 0.3) is 0 Å². The number of carbonyl (C=O) groups is 2. The van der Waals surface area contributed by atoms with Crippen LogP contribution >= 0.6 is 11.8 Å². The summed E-state index contributed by atoms with van der Waals surface area (Å²) in [6, 6.07) is 10.9. The van der Waals surface area contributed by atoms with Crippen molar-refractivity contribution in [3.8, 4) is 17.6 Å². The van der Waals surface area contributed by atoms with Crippen LogP contribution in [0.2, 0.25) is 0 Å². The molecule has 3 rings (SSSR count). The quantitative estimate of drug-likeness (QED) is 0.525. The summed E-state index contributed by atoms with van der Waals surface area (Å²) in [5.74, 6) is -1.69. The van der Waals surface area contributed by atoms with Crippen molar-refractivity contribution < 1.29 is 32.6 Å². The maximum absolute atomic E-state index is 12.9. The standard InChI is InChI=1S/C23H20F3N3O4S/c1-2-33-19-8-13(6-7-18(19)30)16-10-20(31)29-22(17(16)11-27)34-12-21(32)28-15-5-3-4-14(9-15)23(24,25)26/h3-9,16,30H,2,10,12H2,1H3,(H,28,32)(H,29,31)/t16-/m0/s1. The molecule has 1 aliphatic rings. The zero-order valence-corrected chi connectivity index (χ0v) is 18.7. The van der Waals surface area contributed by atoms with E-state index in [0.717, 1.165) is 23.9 Å². The van der Waals surface area contributed by atoms with Gasteiger partial charge in [-0.2, -0.15) is 18.4 Å². The lowest BCUT2D eigenvalue weighted by Crippen LogP contribution is -2.31. The smallest absolute Gasteiger partial charge is 0.416 e. The number of ether oxygens (including phenoxy) is 1. The van der Waals surface area contributed by atoms with Crippen LogP contribution in [0.1, 0.15) is 30.4 Å². The number of rotatable bonds is 7. The molecule has 2 amide bonds. The average molecular weight is 491 g/mol. The monoisotopic (exact) mass is 491 g/mol. The minimum Gasteiger partial charge on any atom is -0.504 e. The summed E-state index contributed by atoms with van der Waals surface area (Å²) in [7, 11) is 0. The second-order valence-corrected chi connectivity index (χ2v) is 8.22. The van der Waals surface area contributed by atoms with Crippen molar-refractivity contribution in [1.29, 1.82) is 5.26 Å². The Balaban J connectivity index is 1.77. The highest BCUT2D eigenvalue weighted by Gasteiger charge is 2.31. The number of anilines is 1. The lowest BCUT2D eigenvalue weighted by molar-refractivity contribution is -0.137. The molecule has 1 aliphatic heterocycles. The van der Waals surface area contributed by atoms with Gasteiger partial charge in [0.25, 0.3) is 0 Å². The maximum Gasteiger partial charge on any atom is 0.416 e. The number of hydrogen-bond acceptors (Lipinski definition) is 6. The first-order chi connectivity index (χ1) is 16.1. The Morgan fingerprint density at radius 3 is 2.76 bits per heavy atom. The predicted octanol–water partition coefficient (Wildman–Crippen LogP) is 4.52. The molecule has 0 bridgehead atoms. The largest absolute Gasteiger partial charge is 0.504 e. The van der Waals surface area contributed by atoms with Crippen LogP contribution in [0.4, 0.5) is 18.9 Å². The van der Waals surface area contributed by atoms with E-state index >= 15 is 0 Å². The minimum atomic E-state index is -4.54. The Kier molecular flexibility index (Phi) is 7.73. The maximum atomic E-state index is 12.9. The zero-order valence-electron chi connectivity index (χ0n) is 17.9. The van der Waals surface area contributed by atoms with Crippen LogP contribution in [0, 0.1) is 11.3 Å². The average Bonchev–Trinajstić information content (AvgIpc) is 2.78. The van der Waals surface area contributed by atoms with E-state index in [1.807, 2.05) is 0 Å². The van der Waals surface area contributed by atoms with E-state index in [2.05, 4.69) is 16.7 Å². The minimum absolute atomic E-state index is 0.0142. The number of allylic oxidation sites excluding steroid dienone is 1. The highest BCUT2D eigenvalue weighted by atomic mass is 32.2. The Morgan fingerprint density at radius 2 is 2.09 bits per heavy atom. The molecule has 0 spiro atoms. The molecule has 0 saturated heterocycles. The van der Waals surface area contributed by atoms with Crippen LogP contribution in [-0.4, -0.2) is 29.3 Å². The topological polar surface area (TPSA) is 111 Å². The fraction of sp³-hybridized carbons (Fsp3) is 0.261. The number of benzene rings is 2. The first-order valence-electron chi connectivity index (χ1n) is 10.1. The third-order valence-corrected chi connectivity index (χ3v) is 5.88. The number of amides is 2. The van der Waals surface area contributed by atoms with Gasteiger partial charge >= 0.3 is 6.18 Å². The van der Waals surface area contributed by atoms with E-state index in [1.165, 1.54) is 18.2 Å². The van der Waals surface area contributed by atoms with Crippen molar-refractivity contribution in [2.45, 2.75) is 25.4 Å². The summed E-state index contributed by atoms with van der Waals surface area (Å²) in [6.07, 6.45) is -4.56. The SMILES string of the molecule is CCOc1cc([C@@H]2CC(=O)NC(SCC(=O)Nc3cccc(C(F)(F)F)c3)=C2C#N)ccc1O. The lowest BCUT2D eigenvalue weighted by Gasteiger charge is -2.25. The van der Waals surface area contributed by atoms with Gasteiger partial charge in [-0.1, -0.05) is 23.9 Å². The first-order valence-corrected chi connectivity index (χ1v) is 11.1. The number of nitriles is 1. The molecule has 1 atom stereocenters. The second kappa shape index (κ2) is 10.5. The van der Waals surface area contributed by atoms with Crippen molar-refractivity contribution in [2.75, 3.05) is 17.7 Å². The molecular formula is C23H20F3N3O4S. The van der Waals surface area contributed by atoms with Crippen molar-refractivity contribution >= 4 is 29.3 Å². The van der Waals surface area contributed by atoms with Crippen LogP contribution in [0.3, 0.4) is 0 Å². The highest BCUT2D eigenvalue weighted by molar-refractivity contribution is 8.03. The summed E-state index contributed by atoms with van der Waals surface area (Å²) in [5.41, 5.74) is -0.105. The number of nitrogens with one attached hydrogen (secondary N) is 2. The third-order valence-electron chi connectivity index (χ3n) is 4.86. The van der Waals surface area contributed by atoms with E-state index in [1.54, 1.807) is 19.1 Å². The molecule has 2 aromatic rings. The van der Waals surface area contributed by atoms with Crippen molar-refractivity contribution in [1.82, 2.24) is 5.32 Å². The molecule has 1 heterocycles. The number of nitrogens with zero attached hydrogens (tertiary/aromatic N) is 1.